The summed E-state index contributed by atoms with van der Waals surface area (Å²) in [6, 6.07) is 11.0. The number of hydrogen-bond acceptors (Lipinski definition) is 4. The molecule has 4 nitrogen and oxygen atoms in total. The number of hydrogen-bond donors (Lipinski definition) is 2. The molecule has 1 fully saturated rings. The lowest BCUT2D eigenvalue weighted by atomic mass is 9.91. The Balaban J connectivity index is 1.78. The topological polar surface area (TPSA) is 65.2 Å². The number of aliphatic imine (C=N–C) groups is 2. The average Bonchev–Trinajstić information content (AvgIpc) is 2.63. The number of benzene rings is 2. The van der Waals surface area contributed by atoms with Crippen LogP contribution < -0.4 is 0 Å². The summed E-state index contributed by atoms with van der Waals surface area (Å²) in [5.41, 5.74) is 1.38. The van der Waals surface area contributed by atoms with Gasteiger partial charge in [-0.05, 0) is 53.0 Å². The number of rotatable bonds is 4. The van der Waals surface area contributed by atoms with Crippen LogP contribution in [0.25, 0.3) is 0 Å². The lowest BCUT2D eigenvalue weighted by Crippen LogP contribution is -2.27. The Labute approximate surface area is 170 Å². The zero-order chi connectivity index (χ0) is 18.5. The molecule has 0 radical (unpaired) electrons. The van der Waals surface area contributed by atoms with Crippen molar-refractivity contribution in [1.82, 2.24) is 0 Å². The van der Waals surface area contributed by atoms with Crippen molar-refractivity contribution in [3.63, 3.8) is 0 Å². The van der Waals surface area contributed by atoms with E-state index in [4.69, 9.17) is 4.99 Å². The number of nitrogens with zero attached hydrogens (tertiary/aromatic N) is 2. The molecule has 1 aliphatic rings. The minimum Gasteiger partial charge on any atom is -0.507 e. The van der Waals surface area contributed by atoms with Gasteiger partial charge in [-0.25, -0.2) is 0 Å². The Hall–Kier alpha value is -1.66. The third-order valence-electron chi connectivity index (χ3n) is 4.50. The number of aromatic hydroxyl groups is 2. The summed E-state index contributed by atoms with van der Waals surface area (Å²) in [6.07, 6.45) is 7.65. The highest BCUT2D eigenvalue weighted by Gasteiger charge is 2.23. The second-order valence-electron chi connectivity index (χ2n) is 6.36. The van der Waals surface area contributed by atoms with Gasteiger partial charge in [-0.2, -0.15) is 0 Å². The van der Waals surface area contributed by atoms with E-state index in [0.717, 1.165) is 35.7 Å². The Morgan fingerprint density at radius 1 is 0.885 bits per heavy atom. The van der Waals surface area contributed by atoms with Crippen LogP contribution >= 0.6 is 31.9 Å². The van der Waals surface area contributed by atoms with Gasteiger partial charge in [0, 0.05) is 28.0 Å². The molecule has 2 aromatic rings. The van der Waals surface area contributed by atoms with Gasteiger partial charge in [-0.3, -0.25) is 9.98 Å². The van der Waals surface area contributed by atoms with Crippen molar-refractivity contribution in [2.75, 3.05) is 0 Å². The van der Waals surface area contributed by atoms with Crippen LogP contribution in [0, 0.1) is 0 Å². The molecular weight excluding hydrogens is 460 g/mol. The fourth-order valence-electron chi connectivity index (χ4n) is 3.07. The van der Waals surface area contributed by atoms with Crippen LogP contribution in [0.1, 0.15) is 36.8 Å². The highest BCUT2D eigenvalue weighted by Crippen LogP contribution is 2.31. The number of para-hydroxylation sites is 1. The summed E-state index contributed by atoms with van der Waals surface area (Å²) in [5, 5.41) is 20.1. The van der Waals surface area contributed by atoms with Crippen molar-refractivity contribution in [3.05, 3.63) is 56.5 Å². The first-order valence-corrected chi connectivity index (χ1v) is 10.2. The van der Waals surface area contributed by atoms with Crippen LogP contribution in [-0.4, -0.2) is 34.7 Å². The largest absolute Gasteiger partial charge is 0.507 e. The Morgan fingerprint density at radius 2 is 1.50 bits per heavy atom. The Bertz CT molecular complexity index is 837. The third kappa shape index (κ3) is 4.74. The van der Waals surface area contributed by atoms with E-state index in [1.54, 1.807) is 30.6 Å². The minimum absolute atomic E-state index is 0.0722. The monoisotopic (exact) mass is 478 g/mol. The van der Waals surface area contributed by atoms with Crippen LogP contribution in [0.15, 0.2) is 55.3 Å². The first kappa shape index (κ1) is 19.1. The van der Waals surface area contributed by atoms with Gasteiger partial charge < -0.3 is 10.2 Å². The van der Waals surface area contributed by atoms with Crippen molar-refractivity contribution < 1.29 is 10.2 Å². The lowest BCUT2D eigenvalue weighted by Gasteiger charge is -2.25. The van der Waals surface area contributed by atoms with Crippen molar-refractivity contribution in [1.29, 1.82) is 0 Å². The van der Waals surface area contributed by atoms with Crippen LogP contribution in [0.4, 0.5) is 0 Å². The van der Waals surface area contributed by atoms with Gasteiger partial charge in [0.15, 0.2) is 0 Å². The zero-order valence-electron chi connectivity index (χ0n) is 14.1. The van der Waals surface area contributed by atoms with Crippen molar-refractivity contribution in [3.8, 4) is 11.5 Å². The third-order valence-corrected chi connectivity index (χ3v) is 5.56. The molecule has 26 heavy (non-hydrogen) atoms. The second-order valence-corrected chi connectivity index (χ2v) is 8.13. The van der Waals surface area contributed by atoms with Gasteiger partial charge in [-0.1, -0.05) is 40.9 Å². The maximum atomic E-state index is 10.2. The van der Waals surface area contributed by atoms with E-state index < -0.39 is 0 Å². The average molecular weight is 480 g/mol. The van der Waals surface area contributed by atoms with E-state index in [-0.39, 0.29) is 23.6 Å². The van der Waals surface area contributed by atoms with E-state index in [0.29, 0.717) is 10.0 Å². The van der Waals surface area contributed by atoms with Crippen LogP contribution in [0.3, 0.4) is 0 Å². The number of phenolic OH excluding ortho intramolecular Hbond substituents is 2. The molecule has 1 aliphatic carbocycles. The van der Waals surface area contributed by atoms with Crippen LogP contribution in [0.2, 0.25) is 0 Å². The summed E-state index contributed by atoms with van der Waals surface area (Å²) in [7, 11) is 0. The van der Waals surface area contributed by atoms with Crippen molar-refractivity contribution in [2.24, 2.45) is 9.98 Å². The Kier molecular flexibility index (Phi) is 6.48. The van der Waals surface area contributed by atoms with Gasteiger partial charge in [0.2, 0.25) is 0 Å². The zero-order valence-corrected chi connectivity index (χ0v) is 17.3. The molecule has 0 amide bonds. The van der Waals surface area contributed by atoms with Crippen molar-refractivity contribution >= 4 is 44.3 Å². The summed E-state index contributed by atoms with van der Waals surface area (Å²) in [6.45, 7) is 0. The minimum atomic E-state index is 0.0722. The molecule has 2 aromatic carbocycles. The summed E-state index contributed by atoms with van der Waals surface area (Å²) in [5.74, 6) is 0.415. The molecule has 1 saturated carbocycles. The first-order chi connectivity index (χ1) is 12.5. The Morgan fingerprint density at radius 3 is 2.15 bits per heavy atom. The maximum Gasteiger partial charge on any atom is 0.138 e. The highest BCUT2D eigenvalue weighted by atomic mass is 79.9. The number of phenols is 2. The smallest absolute Gasteiger partial charge is 0.138 e. The van der Waals surface area contributed by atoms with E-state index in [9.17, 15) is 10.2 Å². The fourth-order valence-corrected chi connectivity index (χ4v) is 4.33. The first-order valence-electron chi connectivity index (χ1n) is 8.57. The van der Waals surface area contributed by atoms with Gasteiger partial charge in [0.25, 0.3) is 0 Å². The normalized spacial score (nSPS) is 20.8. The molecule has 6 heteroatoms. The summed E-state index contributed by atoms with van der Waals surface area (Å²) >= 11 is 6.78. The second kappa shape index (κ2) is 8.82. The van der Waals surface area contributed by atoms with E-state index in [1.165, 1.54) is 0 Å². The van der Waals surface area contributed by atoms with E-state index in [2.05, 4.69) is 36.9 Å². The maximum absolute atomic E-state index is 10.2. The standard InChI is InChI=1S/C20H20Br2N2O2/c21-15-9-14(20(26)16(22)10-15)12-24-18-7-3-2-6-17(18)23-11-13-5-1-4-8-19(13)25/h1,4-5,8-12,17-18,25-26H,2-3,6-7H2/t17-,18-/m1/s1. The molecule has 0 aromatic heterocycles. The molecule has 136 valence electrons. The lowest BCUT2D eigenvalue weighted by molar-refractivity contribution is 0.390. The SMILES string of the molecule is Oc1ccccc1C=N[C@@H]1CCCC[C@H]1N=Cc1cc(Br)cc(Br)c1O. The van der Waals surface area contributed by atoms with E-state index >= 15 is 0 Å². The van der Waals surface area contributed by atoms with Gasteiger partial charge in [0.1, 0.15) is 11.5 Å². The number of halogens is 2. The molecular formula is C20H20Br2N2O2. The quantitative estimate of drug-likeness (QED) is 0.571. The summed E-state index contributed by atoms with van der Waals surface area (Å²) in [4.78, 5) is 9.40. The van der Waals surface area contributed by atoms with Gasteiger partial charge in [0.05, 0.1) is 16.6 Å². The van der Waals surface area contributed by atoms with Crippen LogP contribution in [-0.2, 0) is 0 Å². The molecule has 0 unspecified atom stereocenters. The molecule has 2 atom stereocenters. The highest BCUT2D eigenvalue weighted by molar-refractivity contribution is 9.11. The summed E-state index contributed by atoms with van der Waals surface area (Å²) < 4.78 is 1.51. The molecule has 0 heterocycles. The van der Waals surface area contributed by atoms with Gasteiger partial charge >= 0.3 is 0 Å². The predicted molar refractivity (Wildman–Crippen MR) is 113 cm³/mol. The fraction of sp³-hybridized carbons (Fsp3) is 0.300. The van der Waals surface area contributed by atoms with Crippen molar-refractivity contribution in [2.45, 2.75) is 37.8 Å². The molecule has 0 aliphatic heterocycles. The van der Waals surface area contributed by atoms with Gasteiger partial charge in [-0.15, -0.1) is 0 Å². The van der Waals surface area contributed by atoms with Crippen LogP contribution in [0.5, 0.6) is 11.5 Å². The molecule has 0 saturated heterocycles. The molecule has 0 spiro atoms. The molecule has 0 bridgehead atoms. The molecule has 3 rings (SSSR count). The predicted octanol–water partition coefficient (Wildman–Crippen LogP) is 5.47. The van der Waals surface area contributed by atoms with E-state index in [1.807, 2.05) is 18.2 Å². The molecule has 2 N–H and O–H groups in total.